The number of hydrogen-bond acceptors (Lipinski definition) is 5. The fourth-order valence-corrected chi connectivity index (χ4v) is 4.84. The number of benzene rings is 1. The van der Waals surface area contributed by atoms with Crippen molar-refractivity contribution in [1.82, 2.24) is 4.57 Å². The molecular formula is C23H29N3O3. The first kappa shape index (κ1) is 19.8. The molecule has 6 heteroatoms. The molecule has 1 saturated carbocycles. The topological polar surface area (TPSA) is 101 Å². The van der Waals surface area contributed by atoms with Gasteiger partial charge in [0, 0.05) is 30.3 Å². The molecule has 0 aliphatic heterocycles. The minimum atomic E-state index is -0.219. The summed E-state index contributed by atoms with van der Waals surface area (Å²) < 4.78 is 1.90. The second kappa shape index (κ2) is 8.48. The number of nitrogens with one attached hydrogen (secondary N) is 1. The van der Waals surface area contributed by atoms with Gasteiger partial charge in [0.25, 0.3) is 0 Å². The standard InChI is InChI=1S/C23H29N3O3/c24-14-15-5-8-17(13-21(15)25-16-6-9-18(28)10-7-16)26-22-4-2-1-3-19(22)20(11-12-27)23(26)29/h5,8,13,16,18,25,27-29H,1-4,6-7,9-12H2. The van der Waals surface area contributed by atoms with E-state index in [4.69, 9.17) is 0 Å². The third-order valence-electron chi connectivity index (χ3n) is 6.35. The zero-order valence-electron chi connectivity index (χ0n) is 16.7. The molecule has 4 rings (SSSR count). The number of hydrogen-bond donors (Lipinski definition) is 4. The van der Waals surface area contributed by atoms with Gasteiger partial charge in [0.1, 0.15) is 6.07 Å². The van der Waals surface area contributed by atoms with Crippen molar-refractivity contribution in [3.63, 3.8) is 0 Å². The highest BCUT2D eigenvalue weighted by Crippen LogP contribution is 2.38. The first-order valence-corrected chi connectivity index (χ1v) is 10.7. The Labute approximate surface area is 171 Å². The predicted molar refractivity (Wildman–Crippen MR) is 111 cm³/mol. The maximum Gasteiger partial charge on any atom is 0.199 e. The summed E-state index contributed by atoms with van der Waals surface area (Å²) in [6.07, 6.45) is 7.54. The lowest BCUT2D eigenvalue weighted by Gasteiger charge is -2.27. The molecule has 29 heavy (non-hydrogen) atoms. The van der Waals surface area contributed by atoms with E-state index < -0.39 is 0 Å². The van der Waals surface area contributed by atoms with Crippen molar-refractivity contribution >= 4 is 5.69 Å². The molecule has 0 radical (unpaired) electrons. The van der Waals surface area contributed by atoms with E-state index in [1.807, 2.05) is 16.7 Å². The molecule has 2 aromatic rings. The number of fused-ring (bicyclic) bond motifs is 1. The Morgan fingerprint density at radius 1 is 1.14 bits per heavy atom. The van der Waals surface area contributed by atoms with Gasteiger partial charge in [-0.05, 0) is 75.1 Å². The maximum atomic E-state index is 11.0. The highest BCUT2D eigenvalue weighted by atomic mass is 16.3. The molecule has 1 aromatic carbocycles. The monoisotopic (exact) mass is 395 g/mol. The van der Waals surface area contributed by atoms with Crippen LogP contribution in [0.2, 0.25) is 0 Å². The lowest BCUT2D eigenvalue weighted by atomic mass is 9.92. The van der Waals surface area contributed by atoms with Crippen LogP contribution in [-0.4, -0.2) is 38.6 Å². The lowest BCUT2D eigenvalue weighted by Crippen LogP contribution is -2.28. The average Bonchev–Trinajstić information content (AvgIpc) is 3.02. The Bertz CT molecular complexity index is 920. The predicted octanol–water partition coefficient (Wildman–Crippen LogP) is 3.18. The average molecular weight is 396 g/mol. The summed E-state index contributed by atoms with van der Waals surface area (Å²) in [6.45, 7) is 0.0116. The van der Waals surface area contributed by atoms with Gasteiger partial charge in [-0.3, -0.25) is 4.57 Å². The molecule has 0 bridgehead atoms. The SMILES string of the molecule is N#Cc1ccc(-n2c(O)c(CCO)c3c2CCCC3)cc1NC1CCC(O)CC1. The van der Waals surface area contributed by atoms with E-state index >= 15 is 0 Å². The van der Waals surface area contributed by atoms with Crippen molar-refractivity contribution in [2.75, 3.05) is 11.9 Å². The summed E-state index contributed by atoms with van der Waals surface area (Å²) in [7, 11) is 0. The minimum Gasteiger partial charge on any atom is -0.494 e. The first-order chi connectivity index (χ1) is 14.1. The molecule has 154 valence electrons. The second-order valence-electron chi connectivity index (χ2n) is 8.24. The van der Waals surface area contributed by atoms with Gasteiger partial charge in [-0.15, -0.1) is 0 Å². The van der Waals surface area contributed by atoms with Gasteiger partial charge in [0.2, 0.25) is 0 Å². The Morgan fingerprint density at radius 2 is 1.90 bits per heavy atom. The highest BCUT2D eigenvalue weighted by Gasteiger charge is 2.26. The minimum absolute atomic E-state index is 0.0116. The van der Waals surface area contributed by atoms with Crippen molar-refractivity contribution in [2.24, 2.45) is 0 Å². The van der Waals surface area contributed by atoms with Crippen LogP contribution in [-0.2, 0) is 19.3 Å². The molecular weight excluding hydrogens is 366 g/mol. The van der Waals surface area contributed by atoms with Gasteiger partial charge in [0.05, 0.1) is 23.0 Å². The van der Waals surface area contributed by atoms with E-state index in [0.717, 1.165) is 74.0 Å². The van der Waals surface area contributed by atoms with Gasteiger partial charge >= 0.3 is 0 Å². The van der Waals surface area contributed by atoms with E-state index in [9.17, 15) is 20.6 Å². The zero-order valence-corrected chi connectivity index (χ0v) is 16.7. The summed E-state index contributed by atoms with van der Waals surface area (Å²) in [5, 5.41) is 43.2. The van der Waals surface area contributed by atoms with Crippen LogP contribution in [0.3, 0.4) is 0 Å². The number of aliphatic hydroxyl groups is 2. The van der Waals surface area contributed by atoms with Crippen LogP contribution in [0.4, 0.5) is 5.69 Å². The van der Waals surface area contributed by atoms with Gasteiger partial charge in [-0.1, -0.05) is 0 Å². The maximum absolute atomic E-state index is 11.0. The van der Waals surface area contributed by atoms with Gasteiger partial charge in [-0.25, -0.2) is 0 Å². The lowest BCUT2D eigenvalue weighted by molar-refractivity contribution is 0.126. The second-order valence-corrected chi connectivity index (χ2v) is 8.24. The van der Waals surface area contributed by atoms with Crippen LogP contribution >= 0.6 is 0 Å². The molecule has 0 amide bonds. The smallest absolute Gasteiger partial charge is 0.199 e. The number of nitriles is 1. The Balaban J connectivity index is 1.72. The summed E-state index contributed by atoms with van der Waals surface area (Å²) in [5.74, 6) is 0.211. The molecule has 4 N–H and O–H groups in total. The molecule has 2 aliphatic rings. The van der Waals surface area contributed by atoms with Crippen LogP contribution in [0.5, 0.6) is 5.88 Å². The third-order valence-corrected chi connectivity index (χ3v) is 6.35. The normalized spacial score (nSPS) is 21.4. The van der Waals surface area contributed by atoms with Crippen molar-refractivity contribution in [3.8, 4) is 17.6 Å². The van der Waals surface area contributed by atoms with Crippen LogP contribution in [0.15, 0.2) is 18.2 Å². The van der Waals surface area contributed by atoms with Gasteiger partial charge < -0.3 is 20.6 Å². The molecule has 0 atom stereocenters. The van der Waals surface area contributed by atoms with Crippen molar-refractivity contribution in [2.45, 2.75) is 69.9 Å². The van der Waals surface area contributed by atoms with Gasteiger partial charge in [0.15, 0.2) is 5.88 Å². The van der Waals surface area contributed by atoms with Crippen molar-refractivity contribution in [1.29, 1.82) is 5.26 Å². The van der Waals surface area contributed by atoms with E-state index in [2.05, 4.69) is 11.4 Å². The van der Waals surface area contributed by atoms with Crippen molar-refractivity contribution < 1.29 is 15.3 Å². The largest absolute Gasteiger partial charge is 0.494 e. The Hall–Kier alpha value is -2.49. The highest BCUT2D eigenvalue weighted by molar-refractivity contribution is 5.64. The summed E-state index contributed by atoms with van der Waals surface area (Å²) in [6, 6.07) is 8.12. The fraction of sp³-hybridized carbons (Fsp3) is 0.522. The molecule has 6 nitrogen and oxygen atoms in total. The summed E-state index contributed by atoms with van der Waals surface area (Å²) in [5.41, 5.74) is 5.32. The number of aromatic hydroxyl groups is 1. The van der Waals surface area contributed by atoms with Gasteiger partial charge in [-0.2, -0.15) is 5.26 Å². The summed E-state index contributed by atoms with van der Waals surface area (Å²) >= 11 is 0. The number of aromatic nitrogens is 1. The van der Waals surface area contributed by atoms with Crippen LogP contribution < -0.4 is 5.32 Å². The van der Waals surface area contributed by atoms with Crippen LogP contribution in [0.25, 0.3) is 5.69 Å². The number of nitrogens with zero attached hydrogens (tertiary/aromatic N) is 2. The quantitative estimate of drug-likeness (QED) is 0.623. The zero-order chi connectivity index (χ0) is 20.4. The van der Waals surface area contributed by atoms with E-state index in [1.54, 1.807) is 6.07 Å². The molecule has 0 saturated heterocycles. The number of aliphatic hydroxyl groups excluding tert-OH is 2. The molecule has 1 fully saturated rings. The molecule has 1 aromatic heterocycles. The third kappa shape index (κ3) is 3.85. The molecule has 0 unspecified atom stereocenters. The molecule has 1 heterocycles. The fourth-order valence-electron chi connectivity index (χ4n) is 4.84. The van der Waals surface area contributed by atoms with E-state index in [1.165, 1.54) is 5.56 Å². The number of rotatable bonds is 5. The first-order valence-electron chi connectivity index (χ1n) is 10.7. The van der Waals surface area contributed by atoms with E-state index in [-0.39, 0.29) is 24.6 Å². The molecule has 0 spiro atoms. The van der Waals surface area contributed by atoms with Crippen LogP contribution in [0, 0.1) is 11.3 Å². The van der Waals surface area contributed by atoms with Crippen LogP contribution in [0.1, 0.15) is 60.9 Å². The van der Waals surface area contributed by atoms with Crippen molar-refractivity contribution in [3.05, 3.63) is 40.6 Å². The van der Waals surface area contributed by atoms with E-state index in [0.29, 0.717) is 12.0 Å². The Morgan fingerprint density at radius 3 is 2.62 bits per heavy atom. The molecule has 2 aliphatic carbocycles. The summed E-state index contributed by atoms with van der Waals surface area (Å²) in [4.78, 5) is 0. The Kier molecular flexibility index (Phi) is 5.79. The number of anilines is 1.